The number of nitrogens with one attached hydrogen (secondary N) is 1. The normalized spacial score (nSPS) is 17.0. The molecule has 4 heterocycles. The number of benzene rings is 2. The molecule has 17 heteroatoms. The lowest BCUT2D eigenvalue weighted by molar-refractivity contribution is 0.142. The van der Waals surface area contributed by atoms with Gasteiger partial charge < -0.3 is 41.5 Å². The molecule has 240 valence electrons. The first-order valence-electron chi connectivity index (χ1n) is 13.4. The van der Waals surface area contributed by atoms with Crippen molar-refractivity contribution in [3.63, 3.8) is 0 Å². The Labute approximate surface area is 302 Å². The number of rotatable bonds is 6. The molecular formula is C28H29Cl3I2N8O4. The highest BCUT2D eigenvalue weighted by molar-refractivity contribution is 14.1. The molecule has 2 saturated heterocycles. The summed E-state index contributed by atoms with van der Waals surface area (Å²) in [5.74, 6) is 2.22. The maximum atomic E-state index is 6.10. The molecule has 4 aromatic rings. The molecule has 2 atom stereocenters. The number of nitrogen functional groups attached to an aromatic ring is 3. The van der Waals surface area contributed by atoms with Crippen LogP contribution in [0.15, 0.2) is 48.8 Å². The first-order chi connectivity index (χ1) is 21.6. The van der Waals surface area contributed by atoms with E-state index in [4.69, 9.17) is 71.0 Å². The van der Waals surface area contributed by atoms with Crippen LogP contribution in [-0.4, -0.2) is 58.6 Å². The first kappa shape index (κ1) is 35.5. The lowest BCUT2D eigenvalue weighted by Crippen LogP contribution is -2.16. The Bertz CT molecular complexity index is 1580. The van der Waals surface area contributed by atoms with Gasteiger partial charge in [-0.2, -0.15) is 9.97 Å². The van der Waals surface area contributed by atoms with Crippen molar-refractivity contribution in [2.45, 2.75) is 25.0 Å². The zero-order chi connectivity index (χ0) is 32.3. The molecule has 0 bridgehead atoms. The van der Waals surface area contributed by atoms with Gasteiger partial charge in [-0.25, -0.2) is 9.97 Å². The van der Waals surface area contributed by atoms with Crippen molar-refractivity contribution in [2.75, 3.05) is 48.9 Å². The second-order valence-corrected chi connectivity index (χ2v) is 13.1. The van der Waals surface area contributed by atoms with Gasteiger partial charge in [-0.15, -0.1) is 0 Å². The van der Waals surface area contributed by atoms with Gasteiger partial charge in [0.1, 0.15) is 28.7 Å². The van der Waals surface area contributed by atoms with Crippen LogP contribution in [0.5, 0.6) is 11.5 Å². The van der Waals surface area contributed by atoms with Gasteiger partial charge in [0.05, 0.1) is 55.2 Å². The molecule has 6 rings (SSSR count). The standard InChI is InChI=1S/C14H14ClIN4O2.C10H12INO2.C4H3Cl2N3/c15-10-6-18-14(17)20-13(10)19-11-5-8(16)1-2-12(11)22-9-3-4-21-7-9;11-7-1-2-10(9(12)5-7)14-8-3-4-13-6-8;5-2-1-8-4(7)9-3(2)6/h1-2,5-6,9H,3-4,7H2,(H3,17,18,19,20);1-2,5,8H,3-4,6,12H2;1H,(H2,7,8,9)/t;8-;/m.0./s1. The van der Waals surface area contributed by atoms with Crippen molar-refractivity contribution in [1.29, 1.82) is 0 Å². The average molecular weight is 902 g/mol. The summed E-state index contributed by atoms with van der Waals surface area (Å²) in [5, 5.41) is 4.05. The summed E-state index contributed by atoms with van der Waals surface area (Å²) in [6, 6.07) is 11.7. The molecule has 0 saturated carbocycles. The number of ether oxygens (including phenoxy) is 4. The number of nitrogens with zero attached hydrogens (tertiary/aromatic N) is 4. The highest BCUT2D eigenvalue weighted by Crippen LogP contribution is 2.33. The molecule has 2 aliphatic heterocycles. The highest BCUT2D eigenvalue weighted by atomic mass is 127. The fourth-order valence-electron chi connectivity index (χ4n) is 3.85. The molecule has 2 fully saturated rings. The third-order valence-electron chi connectivity index (χ3n) is 6.01. The predicted molar refractivity (Wildman–Crippen MR) is 194 cm³/mol. The summed E-state index contributed by atoms with van der Waals surface area (Å²) in [6.07, 6.45) is 4.87. The molecular weight excluding hydrogens is 873 g/mol. The maximum Gasteiger partial charge on any atom is 0.222 e. The summed E-state index contributed by atoms with van der Waals surface area (Å²) in [6.45, 7) is 2.79. The van der Waals surface area contributed by atoms with Gasteiger partial charge in [0.25, 0.3) is 0 Å². The Morgan fingerprint density at radius 1 is 0.756 bits per heavy atom. The van der Waals surface area contributed by atoms with Crippen molar-refractivity contribution < 1.29 is 18.9 Å². The zero-order valence-electron chi connectivity index (χ0n) is 23.6. The molecule has 45 heavy (non-hydrogen) atoms. The second-order valence-electron chi connectivity index (χ2n) is 9.45. The largest absolute Gasteiger partial charge is 0.486 e. The van der Waals surface area contributed by atoms with Gasteiger partial charge in [-0.3, -0.25) is 0 Å². The summed E-state index contributed by atoms with van der Waals surface area (Å²) in [7, 11) is 0. The lowest BCUT2D eigenvalue weighted by Gasteiger charge is -2.17. The van der Waals surface area contributed by atoms with E-state index < -0.39 is 0 Å². The van der Waals surface area contributed by atoms with Crippen LogP contribution in [-0.2, 0) is 9.47 Å². The average Bonchev–Trinajstić information content (AvgIpc) is 3.71. The van der Waals surface area contributed by atoms with E-state index in [0.717, 1.165) is 50.4 Å². The number of anilines is 5. The number of hydrogen-bond acceptors (Lipinski definition) is 12. The van der Waals surface area contributed by atoms with Gasteiger partial charge in [0.15, 0.2) is 11.0 Å². The highest BCUT2D eigenvalue weighted by Gasteiger charge is 2.20. The molecule has 0 radical (unpaired) electrons. The number of hydrogen-bond donors (Lipinski definition) is 4. The molecule has 2 aliphatic rings. The van der Waals surface area contributed by atoms with Crippen LogP contribution in [0, 0.1) is 7.14 Å². The molecule has 7 N–H and O–H groups in total. The van der Waals surface area contributed by atoms with E-state index in [1.807, 2.05) is 36.4 Å². The van der Waals surface area contributed by atoms with Crippen LogP contribution in [0.25, 0.3) is 0 Å². The Morgan fingerprint density at radius 3 is 1.87 bits per heavy atom. The topological polar surface area (TPSA) is 179 Å². The fourth-order valence-corrected chi connectivity index (χ4v) is 5.23. The van der Waals surface area contributed by atoms with Crippen molar-refractivity contribution in [2.24, 2.45) is 0 Å². The quantitative estimate of drug-likeness (QED) is 0.0924. The molecule has 0 aliphatic carbocycles. The molecule has 0 amide bonds. The van der Waals surface area contributed by atoms with Crippen LogP contribution >= 0.6 is 80.0 Å². The van der Waals surface area contributed by atoms with Gasteiger partial charge in [-0.05, 0) is 81.6 Å². The van der Waals surface area contributed by atoms with Gasteiger partial charge >= 0.3 is 0 Å². The Hall–Kier alpha value is -2.35. The smallest absolute Gasteiger partial charge is 0.222 e. The molecule has 0 spiro atoms. The zero-order valence-corrected chi connectivity index (χ0v) is 30.1. The summed E-state index contributed by atoms with van der Waals surface area (Å²) in [5.41, 5.74) is 18.1. The van der Waals surface area contributed by atoms with E-state index in [9.17, 15) is 0 Å². The van der Waals surface area contributed by atoms with Crippen molar-refractivity contribution in [3.8, 4) is 11.5 Å². The van der Waals surface area contributed by atoms with Gasteiger partial charge in [0.2, 0.25) is 11.9 Å². The van der Waals surface area contributed by atoms with Crippen LogP contribution in [0.2, 0.25) is 15.2 Å². The maximum absolute atomic E-state index is 6.10. The minimum absolute atomic E-state index is 0.0616. The van der Waals surface area contributed by atoms with Gasteiger partial charge in [0, 0.05) is 20.0 Å². The van der Waals surface area contributed by atoms with Crippen LogP contribution in [0.1, 0.15) is 12.8 Å². The fraction of sp³-hybridized carbons (Fsp3) is 0.286. The monoisotopic (exact) mass is 900 g/mol. The molecule has 12 nitrogen and oxygen atoms in total. The van der Waals surface area contributed by atoms with Crippen LogP contribution in [0.3, 0.4) is 0 Å². The van der Waals surface area contributed by atoms with E-state index >= 15 is 0 Å². The van der Waals surface area contributed by atoms with Crippen LogP contribution < -0.4 is 32.0 Å². The minimum atomic E-state index is 0.0616. The van der Waals surface area contributed by atoms with Gasteiger partial charge in [-0.1, -0.05) is 34.8 Å². The first-order valence-corrected chi connectivity index (χ1v) is 16.7. The third kappa shape index (κ3) is 11.4. The van der Waals surface area contributed by atoms with E-state index in [1.165, 1.54) is 12.4 Å². The van der Waals surface area contributed by atoms with Crippen molar-refractivity contribution >= 4 is 109 Å². The minimum Gasteiger partial charge on any atom is -0.486 e. The summed E-state index contributed by atoms with van der Waals surface area (Å²) in [4.78, 5) is 15.1. The van der Waals surface area contributed by atoms with E-state index in [1.54, 1.807) is 0 Å². The van der Waals surface area contributed by atoms with Crippen molar-refractivity contribution in [1.82, 2.24) is 19.9 Å². The number of halogens is 5. The predicted octanol–water partition coefficient (Wildman–Crippen LogP) is 6.63. The molecule has 2 aromatic carbocycles. The van der Waals surface area contributed by atoms with E-state index in [2.05, 4.69) is 70.4 Å². The van der Waals surface area contributed by atoms with Crippen LogP contribution in [0.4, 0.5) is 29.1 Å². The van der Waals surface area contributed by atoms with E-state index in [-0.39, 0.29) is 29.3 Å². The Morgan fingerprint density at radius 2 is 1.31 bits per heavy atom. The summed E-state index contributed by atoms with van der Waals surface area (Å²) >= 11 is 21.5. The Kier molecular flexibility index (Phi) is 13.8. The number of nitrogens with two attached hydrogens (primary N) is 3. The van der Waals surface area contributed by atoms with E-state index in [0.29, 0.717) is 34.8 Å². The third-order valence-corrected chi connectivity index (χ3v) is 8.29. The number of aromatic nitrogens is 4. The SMILES string of the molecule is Nc1cc(I)ccc1O[C@H]1CCOC1.Nc1ncc(Cl)c(Cl)n1.Nc1ncc(Cl)c(Nc2cc(I)ccc2OC2CCOC2)n1. The molecule has 1 unspecified atom stereocenters. The summed E-state index contributed by atoms with van der Waals surface area (Å²) < 4.78 is 24.5. The van der Waals surface area contributed by atoms with Crippen molar-refractivity contribution in [3.05, 3.63) is 71.1 Å². The molecule has 2 aromatic heterocycles. The Balaban J connectivity index is 0.000000171. The lowest BCUT2D eigenvalue weighted by atomic mass is 10.2. The second kappa shape index (κ2) is 17.5.